The SMILES string of the molecule is Nc1nc2nc(/N=N/c3nc4nc(N)[nH]c(=O)c4[nH]3)[nH]c2c(=O)[nH]1. The van der Waals surface area contributed by atoms with E-state index >= 15 is 0 Å². The number of aromatic nitrogens is 8. The summed E-state index contributed by atoms with van der Waals surface area (Å²) in [5, 5.41) is 7.58. The lowest BCUT2D eigenvalue weighted by Gasteiger charge is -1.88. The minimum atomic E-state index is -0.485. The van der Waals surface area contributed by atoms with Gasteiger partial charge in [0.05, 0.1) is 0 Å². The molecule has 0 bridgehead atoms. The number of hydrogen-bond acceptors (Lipinski definition) is 10. The lowest BCUT2D eigenvalue weighted by atomic mass is 10.5. The predicted octanol–water partition coefficient (Wildman–Crippen LogP) is -0.814. The van der Waals surface area contributed by atoms with E-state index in [2.05, 4.69) is 50.1 Å². The van der Waals surface area contributed by atoms with E-state index < -0.39 is 11.1 Å². The van der Waals surface area contributed by atoms with Gasteiger partial charge < -0.3 is 21.4 Å². The number of rotatable bonds is 2. The zero-order chi connectivity index (χ0) is 16.8. The van der Waals surface area contributed by atoms with Crippen LogP contribution in [0.2, 0.25) is 0 Å². The van der Waals surface area contributed by atoms with Crippen molar-refractivity contribution in [2.45, 2.75) is 0 Å². The number of nitrogens with zero attached hydrogens (tertiary/aromatic N) is 6. The fourth-order valence-corrected chi connectivity index (χ4v) is 2.01. The van der Waals surface area contributed by atoms with Crippen molar-refractivity contribution in [1.82, 2.24) is 39.9 Å². The molecule has 0 aliphatic carbocycles. The Kier molecular flexibility index (Phi) is 2.65. The molecule has 4 heterocycles. The summed E-state index contributed by atoms with van der Waals surface area (Å²) >= 11 is 0. The number of H-pyrrole nitrogens is 4. The highest BCUT2D eigenvalue weighted by Crippen LogP contribution is 2.16. The molecule has 0 atom stereocenters. The maximum atomic E-state index is 11.7. The maximum absolute atomic E-state index is 11.7. The first-order valence-electron chi connectivity index (χ1n) is 6.42. The summed E-state index contributed by atoms with van der Waals surface area (Å²) in [6.45, 7) is 0. The smallest absolute Gasteiger partial charge is 0.278 e. The van der Waals surface area contributed by atoms with Gasteiger partial charge >= 0.3 is 0 Å². The van der Waals surface area contributed by atoms with Crippen LogP contribution in [0.15, 0.2) is 19.8 Å². The monoisotopic (exact) mass is 328 g/mol. The van der Waals surface area contributed by atoms with Gasteiger partial charge in [0.15, 0.2) is 22.3 Å². The third-order valence-electron chi connectivity index (χ3n) is 2.97. The second-order valence-corrected chi connectivity index (χ2v) is 4.62. The Labute approximate surface area is 129 Å². The molecule has 4 aromatic heterocycles. The number of imidazole rings is 2. The van der Waals surface area contributed by atoms with Gasteiger partial charge in [0.1, 0.15) is 0 Å². The molecule has 0 unspecified atom stereocenters. The molecule has 14 heteroatoms. The topological polar surface area (TPSA) is 226 Å². The molecule has 4 aromatic rings. The number of hydrogen-bond donors (Lipinski definition) is 6. The second-order valence-electron chi connectivity index (χ2n) is 4.62. The standard InChI is InChI=1S/C10H8N12O2/c11-7-15-3-1(5(23)19-7)13-9(17-3)21-22-10-14-2-4(18-10)16-8(12)20-6(2)24/h(H4,11,13,15,17,19,23)(H4,12,14,16,18,20,24)/b22-21+. The number of nitrogen functional groups attached to an aromatic ring is 2. The van der Waals surface area contributed by atoms with Crippen LogP contribution < -0.4 is 22.6 Å². The second kappa shape index (κ2) is 4.70. The fraction of sp³-hybridized carbons (Fsp3) is 0. The van der Waals surface area contributed by atoms with Crippen LogP contribution in [0, 0.1) is 0 Å². The lowest BCUT2D eigenvalue weighted by molar-refractivity contribution is 1.08. The molecule has 0 aliphatic heterocycles. The minimum absolute atomic E-state index is 0.00967. The quantitative estimate of drug-likeness (QED) is 0.254. The average molecular weight is 328 g/mol. The maximum Gasteiger partial charge on any atom is 0.278 e. The van der Waals surface area contributed by atoms with Gasteiger partial charge in [0.2, 0.25) is 23.8 Å². The normalized spacial score (nSPS) is 11.8. The average Bonchev–Trinajstić information content (AvgIpc) is 3.08. The summed E-state index contributed by atoms with van der Waals surface area (Å²) < 4.78 is 0. The van der Waals surface area contributed by atoms with Crippen LogP contribution in [0.5, 0.6) is 0 Å². The molecule has 0 saturated heterocycles. The molecule has 24 heavy (non-hydrogen) atoms. The van der Waals surface area contributed by atoms with Gasteiger partial charge in [0, 0.05) is 0 Å². The van der Waals surface area contributed by atoms with Crippen molar-refractivity contribution in [3.63, 3.8) is 0 Å². The summed E-state index contributed by atoms with van der Waals surface area (Å²) in [4.78, 5) is 48.9. The van der Waals surface area contributed by atoms with Gasteiger partial charge in [-0.05, 0) is 0 Å². The zero-order valence-electron chi connectivity index (χ0n) is 11.7. The van der Waals surface area contributed by atoms with Crippen LogP contribution >= 0.6 is 0 Å². The highest BCUT2D eigenvalue weighted by Gasteiger charge is 2.10. The van der Waals surface area contributed by atoms with E-state index in [9.17, 15) is 9.59 Å². The Morgan fingerprint density at radius 1 is 0.667 bits per heavy atom. The van der Waals surface area contributed by atoms with Crippen molar-refractivity contribution in [1.29, 1.82) is 0 Å². The van der Waals surface area contributed by atoms with E-state index in [-0.39, 0.29) is 46.1 Å². The number of anilines is 2. The van der Waals surface area contributed by atoms with Crippen molar-refractivity contribution in [2.75, 3.05) is 11.5 Å². The summed E-state index contributed by atoms with van der Waals surface area (Å²) in [5.41, 5.74) is 10.3. The fourth-order valence-electron chi connectivity index (χ4n) is 2.01. The molecule has 0 saturated carbocycles. The Morgan fingerprint density at radius 2 is 1.08 bits per heavy atom. The molecule has 0 spiro atoms. The van der Waals surface area contributed by atoms with Crippen LogP contribution in [-0.2, 0) is 0 Å². The van der Waals surface area contributed by atoms with E-state index in [0.717, 1.165) is 0 Å². The van der Waals surface area contributed by atoms with Gasteiger partial charge in [-0.15, -0.1) is 10.2 Å². The van der Waals surface area contributed by atoms with Gasteiger partial charge in [-0.25, -0.2) is 0 Å². The number of aromatic amines is 4. The molecular weight excluding hydrogens is 320 g/mol. The molecule has 120 valence electrons. The molecule has 14 nitrogen and oxygen atoms in total. The number of nitrogens with one attached hydrogen (secondary N) is 4. The Bertz CT molecular complexity index is 1130. The Balaban J connectivity index is 1.75. The predicted molar refractivity (Wildman–Crippen MR) is 82.0 cm³/mol. The molecule has 8 N–H and O–H groups in total. The molecule has 0 aliphatic rings. The Morgan fingerprint density at radius 3 is 1.50 bits per heavy atom. The van der Waals surface area contributed by atoms with Crippen LogP contribution in [0.1, 0.15) is 0 Å². The number of fused-ring (bicyclic) bond motifs is 2. The lowest BCUT2D eigenvalue weighted by Crippen LogP contribution is -2.10. The summed E-state index contributed by atoms with van der Waals surface area (Å²) in [5.74, 6) is -0.115. The minimum Gasteiger partial charge on any atom is -0.369 e. The summed E-state index contributed by atoms with van der Waals surface area (Å²) in [6, 6.07) is 0. The highest BCUT2D eigenvalue weighted by molar-refractivity contribution is 5.73. The van der Waals surface area contributed by atoms with E-state index in [1.54, 1.807) is 0 Å². The first-order valence-corrected chi connectivity index (χ1v) is 6.42. The van der Waals surface area contributed by atoms with Crippen molar-refractivity contribution < 1.29 is 0 Å². The third-order valence-corrected chi connectivity index (χ3v) is 2.97. The van der Waals surface area contributed by atoms with Crippen molar-refractivity contribution in [2.24, 2.45) is 10.2 Å². The molecule has 0 fully saturated rings. The van der Waals surface area contributed by atoms with Crippen molar-refractivity contribution in [3.8, 4) is 0 Å². The van der Waals surface area contributed by atoms with Gasteiger partial charge in [-0.3, -0.25) is 19.6 Å². The van der Waals surface area contributed by atoms with E-state index in [1.807, 2.05) is 0 Å². The van der Waals surface area contributed by atoms with Gasteiger partial charge in [0.25, 0.3) is 11.1 Å². The van der Waals surface area contributed by atoms with Crippen molar-refractivity contribution >= 4 is 46.1 Å². The molecule has 0 aromatic carbocycles. The number of azo groups is 1. The van der Waals surface area contributed by atoms with Crippen molar-refractivity contribution in [3.05, 3.63) is 20.7 Å². The number of nitrogens with two attached hydrogens (primary N) is 2. The molecule has 4 rings (SSSR count). The van der Waals surface area contributed by atoms with Crippen LogP contribution in [0.4, 0.5) is 23.8 Å². The zero-order valence-corrected chi connectivity index (χ0v) is 11.7. The highest BCUT2D eigenvalue weighted by atomic mass is 16.1. The van der Waals surface area contributed by atoms with Gasteiger partial charge in [-0.2, -0.15) is 19.9 Å². The molecule has 0 radical (unpaired) electrons. The van der Waals surface area contributed by atoms with Crippen LogP contribution in [0.3, 0.4) is 0 Å². The first kappa shape index (κ1) is 13.6. The Hall–Kier alpha value is -4.10. The van der Waals surface area contributed by atoms with E-state index in [0.29, 0.717) is 0 Å². The van der Waals surface area contributed by atoms with E-state index in [4.69, 9.17) is 11.5 Å². The van der Waals surface area contributed by atoms with Gasteiger partial charge in [-0.1, -0.05) is 0 Å². The summed E-state index contributed by atoms with van der Waals surface area (Å²) in [6.07, 6.45) is 0. The summed E-state index contributed by atoms with van der Waals surface area (Å²) in [7, 11) is 0. The van der Waals surface area contributed by atoms with Crippen LogP contribution in [0.25, 0.3) is 22.3 Å². The largest absolute Gasteiger partial charge is 0.369 e. The first-order chi connectivity index (χ1) is 11.5. The molecule has 0 amide bonds. The molecular formula is C10H8N12O2. The third kappa shape index (κ3) is 2.14. The van der Waals surface area contributed by atoms with E-state index in [1.165, 1.54) is 0 Å². The van der Waals surface area contributed by atoms with Crippen LogP contribution in [-0.4, -0.2) is 39.9 Å².